The number of sulfonamides is 1. The van der Waals surface area contributed by atoms with E-state index in [9.17, 15) is 8.42 Å². The van der Waals surface area contributed by atoms with Gasteiger partial charge in [-0.25, -0.2) is 8.42 Å². The quantitative estimate of drug-likeness (QED) is 0.592. The highest BCUT2D eigenvalue weighted by Gasteiger charge is 2.29. The highest BCUT2D eigenvalue weighted by molar-refractivity contribution is 7.89. The third kappa shape index (κ3) is 5.29. The van der Waals surface area contributed by atoms with Crippen molar-refractivity contribution in [2.75, 3.05) is 53.4 Å². The van der Waals surface area contributed by atoms with Gasteiger partial charge in [0.25, 0.3) is 0 Å². The van der Waals surface area contributed by atoms with Crippen molar-refractivity contribution in [3.05, 3.63) is 29.8 Å². The van der Waals surface area contributed by atoms with E-state index in [1.165, 1.54) is 6.42 Å². The third-order valence-corrected chi connectivity index (χ3v) is 7.87. The summed E-state index contributed by atoms with van der Waals surface area (Å²) in [6.45, 7) is 9.53. The van der Waals surface area contributed by atoms with Gasteiger partial charge in [-0.2, -0.15) is 4.31 Å². The number of hydrogen-bond donors (Lipinski definition) is 1. The minimum atomic E-state index is -3.50. The summed E-state index contributed by atoms with van der Waals surface area (Å²) in [5.41, 5.74) is 0.783. The van der Waals surface area contributed by atoms with Gasteiger partial charge in [0.05, 0.1) is 4.90 Å². The second-order valence-electron chi connectivity index (χ2n) is 8.57. The van der Waals surface area contributed by atoms with Crippen molar-refractivity contribution in [3.63, 3.8) is 0 Å². The molecule has 1 aromatic carbocycles. The van der Waals surface area contributed by atoms with Crippen molar-refractivity contribution in [1.82, 2.24) is 19.4 Å². The molecule has 0 amide bonds. The lowest BCUT2D eigenvalue weighted by molar-refractivity contribution is 0.208. The van der Waals surface area contributed by atoms with Crippen LogP contribution in [0.1, 0.15) is 25.8 Å². The molecule has 2 aliphatic heterocycles. The van der Waals surface area contributed by atoms with Crippen LogP contribution in [-0.4, -0.2) is 81.8 Å². The molecule has 3 rings (SSSR count). The fraction of sp³-hybridized carbons (Fsp3) is 0.667. The normalized spacial score (nSPS) is 25.2. The lowest BCUT2D eigenvalue weighted by Crippen LogP contribution is -2.48. The lowest BCUT2D eigenvalue weighted by atomic mass is 9.92. The number of piperazine rings is 1. The minimum absolute atomic E-state index is 0.396. The second-order valence-corrected chi connectivity index (χ2v) is 10.5. The van der Waals surface area contributed by atoms with Crippen LogP contribution in [0.25, 0.3) is 0 Å². The highest BCUT2D eigenvalue weighted by Crippen LogP contribution is 2.23. The number of aliphatic imine (C=N–C) groups is 1. The Labute approximate surface area is 175 Å². The molecule has 8 heteroatoms. The van der Waals surface area contributed by atoms with Gasteiger partial charge in [-0.15, -0.1) is 0 Å². The average molecular weight is 422 g/mol. The van der Waals surface area contributed by atoms with Crippen LogP contribution >= 0.6 is 0 Å². The first-order valence-electron chi connectivity index (χ1n) is 10.5. The molecule has 0 aliphatic carbocycles. The Hall–Kier alpha value is -1.64. The highest BCUT2D eigenvalue weighted by atomic mass is 32.2. The molecule has 0 radical (unpaired) electrons. The minimum Gasteiger partial charge on any atom is -0.352 e. The first-order chi connectivity index (χ1) is 13.8. The zero-order valence-electron chi connectivity index (χ0n) is 18.1. The molecule has 7 nitrogen and oxygen atoms in total. The predicted octanol–water partition coefficient (Wildman–Crippen LogP) is 1.68. The van der Waals surface area contributed by atoms with Gasteiger partial charge in [0.2, 0.25) is 10.0 Å². The van der Waals surface area contributed by atoms with Crippen LogP contribution in [0.2, 0.25) is 0 Å². The molecule has 0 saturated carbocycles. The van der Waals surface area contributed by atoms with Crippen LogP contribution < -0.4 is 5.32 Å². The van der Waals surface area contributed by atoms with Crippen molar-refractivity contribution in [3.8, 4) is 0 Å². The standard InChI is InChI=1S/C21H35N5O2S/c1-17-13-18(2)16-25(15-17)21(22-3)23-14-19-7-5-6-8-20(19)29(27,28)26-11-9-24(4)10-12-26/h5-8,17-18H,9-16H2,1-4H3,(H,22,23). The van der Waals surface area contributed by atoms with Crippen LogP contribution in [0.5, 0.6) is 0 Å². The van der Waals surface area contributed by atoms with E-state index < -0.39 is 10.0 Å². The SMILES string of the molecule is CN=C(NCc1ccccc1S(=O)(=O)N1CCN(C)CC1)N1CC(C)CC(C)C1. The smallest absolute Gasteiger partial charge is 0.243 e. The summed E-state index contributed by atoms with van der Waals surface area (Å²) in [6, 6.07) is 7.31. The summed E-state index contributed by atoms with van der Waals surface area (Å²) in [5.74, 6) is 2.10. The number of benzene rings is 1. The van der Waals surface area contributed by atoms with Gasteiger partial charge in [-0.1, -0.05) is 32.0 Å². The summed E-state index contributed by atoms with van der Waals surface area (Å²) in [4.78, 5) is 9.29. The Balaban J connectivity index is 1.73. The van der Waals surface area contributed by atoms with Gasteiger partial charge < -0.3 is 15.1 Å². The number of piperidine rings is 1. The fourth-order valence-corrected chi connectivity index (χ4v) is 6.06. The second kappa shape index (κ2) is 9.45. The molecule has 162 valence electrons. The van der Waals surface area contributed by atoms with Crippen molar-refractivity contribution in [2.24, 2.45) is 16.8 Å². The van der Waals surface area contributed by atoms with E-state index in [0.29, 0.717) is 36.4 Å². The number of guanidine groups is 1. The summed E-state index contributed by atoms with van der Waals surface area (Å²) in [5, 5.41) is 3.40. The lowest BCUT2D eigenvalue weighted by Gasteiger charge is -2.37. The topological polar surface area (TPSA) is 68.2 Å². The van der Waals surface area contributed by atoms with Gasteiger partial charge in [0, 0.05) is 52.9 Å². The molecule has 0 aromatic heterocycles. The van der Waals surface area contributed by atoms with Crippen molar-refractivity contribution >= 4 is 16.0 Å². The van der Waals surface area contributed by atoms with E-state index >= 15 is 0 Å². The maximum absolute atomic E-state index is 13.3. The van der Waals surface area contributed by atoms with Gasteiger partial charge in [-0.3, -0.25) is 4.99 Å². The average Bonchev–Trinajstić information content (AvgIpc) is 2.68. The maximum atomic E-state index is 13.3. The number of hydrogen-bond acceptors (Lipinski definition) is 4. The third-order valence-electron chi connectivity index (χ3n) is 5.87. The van der Waals surface area contributed by atoms with Crippen molar-refractivity contribution in [1.29, 1.82) is 0 Å². The summed E-state index contributed by atoms with van der Waals surface area (Å²) < 4.78 is 28.1. The molecular weight excluding hydrogens is 386 g/mol. The Morgan fingerprint density at radius 1 is 1.10 bits per heavy atom. The Morgan fingerprint density at radius 2 is 1.72 bits per heavy atom. The predicted molar refractivity (Wildman–Crippen MR) is 117 cm³/mol. The number of rotatable bonds is 4. The number of nitrogens with one attached hydrogen (secondary N) is 1. The Bertz CT molecular complexity index is 808. The molecule has 29 heavy (non-hydrogen) atoms. The molecule has 1 aromatic rings. The maximum Gasteiger partial charge on any atom is 0.243 e. The van der Waals surface area contributed by atoms with Crippen LogP contribution in [0.15, 0.2) is 34.2 Å². The van der Waals surface area contributed by atoms with Crippen LogP contribution in [0.4, 0.5) is 0 Å². The fourth-order valence-electron chi connectivity index (χ4n) is 4.41. The zero-order chi connectivity index (χ0) is 21.0. The first-order valence-corrected chi connectivity index (χ1v) is 12.0. The monoisotopic (exact) mass is 421 g/mol. The number of likely N-dealkylation sites (N-methyl/N-ethyl adjacent to an activating group) is 1. The van der Waals surface area contributed by atoms with E-state index in [-0.39, 0.29) is 0 Å². The number of likely N-dealkylation sites (tertiary alicyclic amines) is 1. The van der Waals surface area contributed by atoms with E-state index in [2.05, 4.69) is 34.0 Å². The molecule has 2 saturated heterocycles. The molecule has 2 unspecified atom stereocenters. The molecule has 2 atom stereocenters. The van der Waals surface area contributed by atoms with E-state index in [0.717, 1.165) is 37.7 Å². The number of nitrogens with zero attached hydrogens (tertiary/aromatic N) is 4. The van der Waals surface area contributed by atoms with Crippen molar-refractivity contribution in [2.45, 2.75) is 31.7 Å². The molecule has 1 N–H and O–H groups in total. The summed E-state index contributed by atoms with van der Waals surface area (Å²) in [7, 11) is 0.314. The van der Waals surface area contributed by atoms with Gasteiger partial charge >= 0.3 is 0 Å². The van der Waals surface area contributed by atoms with Gasteiger partial charge in [0.15, 0.2) is 5.96 Å². The van der Waals surface area contributed by atoms with Crippen molar-refractivity contribution < 1.29 is 8.42 Å². The van der Waals surface area contributed by atoms with Crippen LogP contribution in [0, 0.1) is 11.8 Å². The summed E-state index contributed by atoms with van der Waals surface area (Å²) in [6.07, 6.45) is 1.24. The van der Waals surface area contributed by atoms with Gasteiger partial charge in [0.1, 0.15) is 0 Å². The van der Waals surface area contributed by atoms with E-state index in [4.69, 9.17) is 0 Å². The van der Waals surface area contributed by atoms with Crippen LogP contribution in [-0.2, 0) is 16.6 Å². The first kappa shape index (κ1) is 22.1. The molecule has 0 bridgehead atoms. The molecular formula is C21H35N5O2S. The molecule has 2 fully saturated rings. The van der Waals surface area contributed by atoms with E-state index in [1.807, 2.05) is 19.2 Å². The Kier molecular flexibility index (Phi) is 7.19. The van der Waals surface area contributed by atoms with E-state index in [1.54, 1.807) is 23.5 Å². The molecule has 0 spiro atoms. The molecule has 2 aliphatic rings. The summed E-state index contributed by atoms with van der Waals surface area (Å²) >= 11 is 0. The molecule has 2 heterocycles. The Morgan fingerprint density at radius 3 is 2.34 bits per heavy atom. The van der Waals surface area contributed by atoms with Gasteiger partial charge in [-0.05, 0) is 36.9 Å². The largest absolute Gasteiger partial charge is 0.352 e. The zero-order valence-corrected chi connectivity index (χ0v) is 19.0. The van der Waals surface area contributed by atoms with Crippen LogP contribution in [0.3, 0.4) is 0 Å².